The van der Waals surface area contributed by atoms with Gasteiger partial charge in [-0.3, -0.25) is 18.7 Å². The maximum Gasteiger partial charge on any atom is 0.332 e. The minimum atomic E-state index is -0.598. The largest absolute Gasteiger partial charge is 0.493 e. The fraction of sp³-hybridized carbons (Fsp3) is 0.409. The Morgan fingerprint density at radius 3 is 2.53 bits per heavy atom. The molecule has 8 nitrogen and oxygen atoms in total. The summed E-state index contributed by atoms with van der Waals surface area (Å²) >= 11 is 0. The first-order chi connectivity index (χ1) is 14.3. The van der Waals surface area contributed by atoms with Crippen molar-refractivity contribution in [3.63, 3.8) is 0 Å². The molecule has 30 heavy (non-hydrogen) atoms. The summed E-state index contributed by atoms with van der Waals surface area (Å²) in [6, 6.07) is 5.34. The van der Waals surface area contributed by atoms with Crippen LogP contribution < -0.4 is 26.0 Å². The summed E-state index contributed by atoms with van der Waals surface area (Å²) in [7, 11) is 2.95. The summed E-state index contributed by atoms with van der Waals surface area (Å²) in [5.41, 5.74) is -0.117. The van der Waals surface area contributed by atoms with Crippen LogP contribution in [0.2, 0.25) is 0 Å². The minimum Gasteiger partial charge on any atom is -0.493 e. The zero-order chi connectivity index (χ0) is 22.0. The van der Waals surface area contributed by atoms with Gasteiger partial charge in [-0.2, -0.15) is 0 Å². The zero-order valence-electron chi connectivity index (χ0n) is 17.9. The first-order valence-corrected chi connectivity index (χ1v) is 9.96. The number of allylic oxidation sites excluding steroid dienone is 1. The molecule has 0 bridgehead atoms. The number of fused-ring (bicyclic) bond motifs is 1. The van der Waals surface area contributed by atoms with Crippen LogP contribution in [0, 0.1) is 5.92 Å². The zero-order valence-corrected chi connectivity index (χ0v) is 17.9. The van der Waals surface area contributed by atoms with Crippen molar-refractivity contribution < 1.29 is 14.3 Å². The van der Waals surface area contributed by atoms with Gasteiger partial charge < -0.3 is 14.8 Å². The van der Waals surface area contributed by atoms with Crippen molar-refractivity contribution in [1.29, 1.82) is 0 Å². The van der Waals surface area contributed by atoms with Crippen LogP contribution in [0.5, 0.6) is 11.5 Å². The van der Waals surface area contributed by atoms with Crippen LogP contribution in [0.1, 0.15) is 43.1 Å². The van der Waals surface area contributed by atoms with Crippen molar-refractivity contribution in [2.45, 2.75) is 33.7 Å². The Morgan fingerprint density at radius 1 is 1.17 bits per heavy atom. The second-order valence-electron chi connectivity index (χ2n) is 7.65. The van der Waals surface area contributed by atoms with E-state index in [4.69, 9.17) is 9.47 Å². The molecule has 0 spiro atoms. The maximum absolute atomic E-state index is 12.9. The molecule has 1 N–H and O–H groups in total. The molecule has 8 heteroatoms. The Kier molecular flexibility index (Phi) is 6.14. The molecule has 1 aromatic carbocycles. The summed E-state index contributed by atoms with van der Waals surface area (Å²) in [6.45, 7) is 6.95. The monoisotopic (exact) mass is 413 g/mol. The number of carbonyl (C=O) groups is 1. The smallest absolute Gasteiger partial charge is 0.332 e. The molecule has 0 fully saturated rings. The summed E-state index contributed by atoms with van der Waals surface area (Å²) in [5.74, 6) is 1.33. The van der Waals surface area contributed by atoms with Crippen molar-refractivity contribution in [3.05, 3.63) is 55.9 Å². The Hall–Kier alpha value is -3.29. The average Bonchev–Trinajstić information content (AvgIpc) is 3.04. The molecule has 2 aromatic rings. The van der Waals surface area contributed by atoms with Crippen LogP contribution in [-0.2, 0) is 13.6 Å². The minimum absolute atomic E-state index is 0.0124. The van der Waals surface area contributed by atoms with Crippen molar-refractivity contribution in [2.24, 2.45) is 13.0 Å². The molecule has 0 radical (unpaired) electrons. The highest BCUT2D eigenvalue weighted by Gasteiger charge is 2.32. The van der Waals surface area contributed by atoms with E-state index in [0.29, 0.717) is 42.6 Å². The molecule has 0 saturated heterocycles. The van der Waals surface area contributed by atoms with E-state index < -0.39 is 17.0 Å². The number of anilines is 1. The third-order valence-corrected chi connectivity index (χ3v) is 4.79. The van der Waals surface area contributed by atoms with Crippen LogP contribution >= 0.6 is 0 Å². The molecule has 0 atom stereocenters. The normalized spacial score (nSPS) is 14.2. The van der Waals surface area contributed by atoms with Crippen LogP contribution in [0.25, 0.3) is 6.08 Å². The summed E-state index contributed by atoms with van der Waals surface area (Å²) in [5, 5.41) is 2.98. The van der Waals surface area contributed by atoms with E-state index in [0.717, 1.165) is 4.57 Å². The molecule has 0 amide bonds. The Labute approximate surface area is 174 Å². The predicted octanol–water partition coefficient (Wildman–Crippen LogP) is 2.65. The third kappa shape index (κ3) is 3.90. The molecule has 1 aliphatic rings. The predicted molar refractivity (Wildman–Crippen MR) is 115 cm³/mol. The lowest BCUT2D eigenvalue weighted by Gasteiger charge is -2.13. The van der Waals surface area contributed by atoms with Crippen molar-refractivity contribution in [2.75, 3.05) is 19.0 Å². The topological polar surface area (TPSA) is 91.6 Å². The molecule has 1 aromatic heterocycles. The van der Waals surface area contributed by atoms with Gasteiger partial charge in [0.1, 0.15) is 11.4 Å². The fourth-order valence-electron chi connectivity index (χ4n) is 3.27. The number of hydrogen-bond donors (Lipinski definition) is 1. The van der Waals surface area contributed by atoms with E-state index in [-0.39, 0.29) is 17.1 Å². The lowest BCUT2D eigenvalue weighted by molar-refractivity contribution is 0.104. The van der Waals surface area contributed by atoms with E-state index in [2.05, 4.69) is 5.32 Å². The van der Waals surface area contributed by atoms with Gasteiger partial charge in [0.2, 0.25) is 5.78 Å². The number of carbonyl (C=O) groups excluding carboxylic acids is 1. The Bertz CT molecular complexity index is 1120. The number of Topliss-reactive ketones (excluding diaryl/α,β-unsaturated/α-hetero) is 1. The average molecular weight is 413 g/mol. The van der Waals surface area contributed by atoms with Crippen molar-refractivity contribution in [3.8, 4) is 11.5 Å². The fourth-order valence-corrected chi connectivity index (χ4v) is 3.27. The molecule has 3 rings (SSSR count). The number of rotatable bonds is 7. The lowest BCUT2D eigenvalue weighted by atomic mass is 10.1. The molecule has 160 valence electrons. The SMILES string of the molecule is CCCn1c2c(c(=O)n(C)c1=O)C(=O)/C(=C/c1ccc(OC)c(OCC(C)C)c1)N2. The van der Waals surface area contributed by atoms with Gasteiger partial charge in [-0.05, 0) is 36.1 Å². The number of methoxy groups -OCH3 is 1. The van der Waals surface area contributed by atoms with Crippen LogP contribution in [-0.4, -0.2) is 28.6 Å². The van der Waals surface area contributed by atoms with E-state index in [1.807, 2.05) is 20.8 Å². The molecular weight excluding hydrogens is 386 g/mol. The number of hydrogen-bond acceptors (Lipinski definition) is 6. The molecule has 0 unspecified atom stereocenters. The van der Waals surface area contributed by atoms with Gasteiger partial charge in [0, 0.05) is 13.6 Å². The van der Waals surface area contributed by atoms with Crippen molar-refractivity contribution >= 4 is 17.7 Å². The standard InChI is InChI=1S/C22H27N3O5/c1-6-9-25-20-18(21(27)24(4)22(25)28)19(26)15(23-20)10-14-7-8-16(29-5)17(11-14)30-12-13(2)3/h7-8,10-11,13,23H,6,9,12H2,1-5H3/b15-10-. The van der Waals surface area contributed by atoms with Gasteiger partial charge in [0.15, 0.2) is 11.5 Å². The number of nitrogens with zero attached hydrogens (tertiary/aromatic N) is 2. The number of benzene rings is 1. The van der Waals surface area contributed by atoms with E-state index in [1.165, 1.54) is 11.6 Å². The summed E-state index contributed by atoms with van der Waals surface area (Å²) in [4.78, 5) is 38.0. The van der Waals surface area contributed by atoms with Gasteiger partial charge >= 0.3 is 5.69 Å². The van der Waals surface area contributed by atoms with E-state index in [9.17, 15) is 14.4 Å². The van der Waals surface area contributed by atoms with Crippen molar-refractivity contribution in [1.82, 2.24) is 9.13 Å². The second kappa shape index (κ2) is 8.61. The molecule has 0 aliphatic carbocycles. The Morgan fingerprint density at radius 2 is 1.90 bits per heavy atom. The molecule has 1 aliphatic heterocycles. The first-order valence-electron chi connectivity index (χ1n) is 9.96. The maximum atomic E-state index is 12.9. The lowest BCUT2D eigenvalue weighted by Crippen LogP contribution is -2.40. The third-order valence-electron chi connectivity index (χ3n) is 4.79. The molecular formula is C22H27N3O5. The number of ketones is 1. The number of ether oxygens (including phenoxy) is 2. The van der Waals surface area contributed by atoms with Crippen LogP contribution in [0.4, 0.5) is 5.82 Å². The molecule has 0 saturated carbocycles. The van der Waals surface area contributed by atoms with Gasteiger partial charge in [-0.25, -0.2) is 4.79 Å². The summed E-state index contributed by atoms with van der Waals surface area (Å²) in [6.07, 6.45) is 2.33. The van der Waals surface area contributed by atoms with Gasteiger partial charge in [-0.1, -0.05) is 26.8 Å². The van der Waals surface area contributed by atoms with Gasteiger partial charge in [-0.15, -0.1) is 0 Å². The summed E-state index contributed by atoms with van der Waals surface area (Å²) < 4.78 is 13.6. The van der Waals surface area contributed by atoms with Gasteiger partial charge in [0.05, 0.1) is 19.4 Å². The second-order valence-corrected chi connectivity index (χ2v) is 7.65. The number of aromatic nitrogens is 2. The molecule has 2 heterocycles. The Balaban J connectivity index is 2.03. The highest BCUT2D eigenvalue weighted by molar-refractivity contribution is 6.19. The number of nitrogens with one attached hydrogen (secondary N) is 1. The van der Waals surface area contributed by atoms with Crippen LogP contribution in [0.3, 0.4) is 0 Å². The van der Waals surface area contributed by atoms with E-state index in [1.54, 1.807) is 31.4 Å². The van der Waals surface area contributed by atoms with Crippen LogP contribution in [0.15, 0.2) is 33.5 Å². The highest BCUT2D eigenvalue weighted by atomic mass is 16.5. The van der Waals surface area contributed by atoms with E-state index >= 15 is 0 Å². The van der Waals surface area contributed by atoms with Gasteiger partial charge in [0.25, 0.3) is 5.56 Å². The first kappa shape index (κ1) is 21.4. The quantitative estimate of drug-likeness (QED) is 0.702. The highest BCUT2D eigenvalue weighted by Crippen LogP contribution is 2.31.